The van der Waals surface area contributed by atoms with Crippen LogP contribution in [0.15, 0.2) is 48.5 Å². The van der Waals surface area contributed by atoms with Crippen molar-refractivity contribution < 1.29 is 14.3 Å². The molecular formula is C24H32N2O3. The largest absolute Gasteiger partial charge is 0.497 e. The van der Waals surface area contributed by atoms with Crippen molar-refractivity contribution in [1.29, 1.82) is 0 Å². The molecule has 29 heavy (non-hydrogen) atoms. The van der Waals surface area contributed by atoms with Crippen molar-refractivity contribution >= 4 is 11.8 Å². The third-order valence-corrected chi connectivity index (χ3v) is 4.76. The summed E-state index contributed by atoms with van der Waals surface area (Å²) >= 11 is 0. The Hall–Kier alpha value is -2.82. The number of carbonyl (C=O) groups excluding carboxylic acids is 2. The Morgan fingerprint density at radius 3 is 2.41 bits per heavy atom. The second-order valence-corrected chi connectivity index (χ2v) is 8.39. The number of carbonyl (C=O) groups is 2. The van der Waals surface area contributed by atoms with Crippen LogP contribution in [0.3, 0.4) is 0 Å². The van der Waals surface area contributed by atoms with Crippen LogP contribution in [-0.2, 0) is 22.6 Å². The summed E-state index contributed by atoms with van der Waals surface area (Å²) in [6.45, 7) is 9.89. The smallest absolute Gasteiger partial charge is 0.242 e. The zero-order valence-electron chi connectivity index (χ0n) is 18.3. The molecule has 2 aromatic rings. The maximum Gasteiger partial charge on any atom is 0.242 e. The molecule has 0 aliphatic rings. The van der Waals surface area contributed by atoms with E-state index in [1.807, 2.05) is 76.2 Å². The zero-order chi connectivity index (χ0) is 21.6. The summed E-state index contributed by atoms with van der Waals surface area (Å²) in [6, 6.07) is 14.8. The normalized spacial score (nSPS) is 12.2. The number of hydrogen-bond acceptors (Lipinski definition) is 3. The average molecular weight is 397 g/mol. The van der Waals surface area contributed by atoms with Crippen molar-refractivity contribution in [3.05, 3.63) is 65.2 Å². The first kappa shape index (κ1) is 22.5. The van der Waals surface area contributed by atoms with Crippen LogP contribution in [0.2, 0.25) is 0 Å². The summed E-state index contributed by atoms with van der Waals surface area (Å²) in [4.78, 5) is 27.7. The fourth-order valence-corrected chi connectivity index (χ4v) is 3.10. The molecule has 2 rings (SSSR count). The first-order valence-corrected chi connectivity index (χ1v) is 9.89. The Kier molecular flexibility index (Phi) is 7.43. The molecule has 5 nitrogen and oxygen atoms in total. The van der Waals surface area contributed by atoms with Gasteiger partial charge in [0.1, 0.15) is 11.8 Å². The van der Waals surface area contributed by atoms with E-state index in [-0.39, 0.29) is 23.8 Å². The molecule has 0 saturated heterocycles. The molecule has 0 aliphatic heterocycles. The van der Waals surface area contributed by atoms with E-state index in [2.05, 4.69) is 5.32 Å². The Morgan fingerprint density at radius 1 is 1.10 bits per heavy atom. The highest BCUT2D eigenvalue weighted by molar-refractivity contribution is 5.88. The van der Waals surface area contributed by atoms with E-state index >= 15 is 0 Å². The lowest BCUT2D eigenvalue weighted by molar-refractivity contribution is -0.140. The number of rotatable bonds is 7. The molecule has 0 fully saturated rings. The molecule has 0 aliphatic carbocycles. The number of methoxy groups -OCH3 is 1. The summed E-state index contributed by atoms with van der Waals surface area (Å²) in [7, 11) is 1.61. The van der Waals surface area contributed by atoms with Crippen molar-refractivity contribution in [2.24, 2.45) is 0 Å². The van der Waals surface area contributed by atoms with E-state index < -0.39 is 6.04 Å². The first-order chi connectivity index (χ1) is 13.6. The van der Waals surface area contributed by atoms with Crippen LogP contribution < -0.4 is 10.1 Å². The maximum atomic E-state index is 13.2. The molecule has 0 aromatic heterocycles. The molecule has 156 valence electrons. The minimum Gasteiger partial charge on any atom is -0.497 e. The Morgan fingerprint density at radius 2 is 1.79 bits per heavy atom. The third kappa shape index (κ3) is 6.63. The number of hydrogen-bond donors (Lipinski definition) is 1. The van der Waals surface area contributed by atoms with Crippen LogP contribution in [0, 0.1) is 6.92 Å². The Labute approximate surface area is 174 Å². The van der Waals surface area contributed by atoms with Gasteiger partial charge in [0, 0.05) is 12.1 Å². The lowest BCUT2D eigenvalue weighted by Gasteiger charge is -2.31. The van der Waals surface area contributed by atoms with Gasteiger partial charge in [0.2, 0.25) is 11.8 Å². The van der Waals surface area contributed by atoms with Crippen LogP contribution in [0.1, 0.15) is 44.4 Å². The molecular weight excluding hydrogens is 364 g/mol. The van der Waals surface area contributed by atoms with Gasteiger partial charge in [-0.05, 0) is 63.4 Å². The van der Waals surface area contributed by atoms with Crippen molar-refractivity contribution in [3.63, 3.8) is 0 Å². The fraction of sp³-hybridized carbons (Fsp3) is 0.417. The molecule has 1 atom stereocenters. The molecule has 0 heterocycles. The van der Waals surface area contributed by atoms with Crippen molar-refractivity contribution in [2.45, 2.75) is 59.2 Å². The summed E-state index contributed by atoms with van der Waals surface area (Å²) in [5, 5.41) is 2.98. The topological polar surface area (TPSA) is 58.6 Å². The maximum absolute atomic E-state index is 13.2. The summed E-state index contributed by atoms with van der Waals surface area (Å²) < 4.78 is 5.30. The second kappa shape index (κ2) is 9.59. The molecule has 0 bridgehead atoms. The number of nitrogens with one attached hydrogen (secondary N) is 1. The van der Waals surface area contributed by atoms with Crippen molar-refractivity contribution in [1.82, 2.24) is 10.2 Å². The fourth-order valence-electron chi connectivity index (χ4n) is 3.10. The molecule has 0 spiro atoms. The summed E-state index contributed by atoms with van der Waals surface area (Å²) in [6.07, 6.45) is 0.254. The highest BCUT2D eigenvalue weighted by atomic mass is 16.5. The van der Waals surface area contributed by atoms with Crippen molar-refractivity contribution in [3.8, 4) is 5.75 Å². The van der Waals surface area contributed by atoms with Gasteiger partial charge in [0.15, 0.2) is 0 Å². The zero-order valence-corrected chi connectivity index (χ0v) is 18.3. The number of nitrogens with zero attached hydrogens (tertiary/aromatic N) is 1. The molecule has 0 saturated carbocycles. The van der Waals surface area contributed by atoms with Gasteiger partial charge in [-0.1, -0.05) is 36.4 Å². The number of benzene rings is 2. The number of aryl methyl sites for hydroxylation is 1. The van der Waals surface area contributed by atoms with Crippen LogP contribution >= 0.6 is 0 Å². The molecule has 2 aromatic carbocycles. The van der Waals surface area contributed by atoms with Crippen molar-refractivity contribution in [2.75, 3.05) is 7.11 Å². The van der Waals surface area contributed by atoms with Gasteiger partial charge >= 0.3 is 0 Å². The van der Waals surface area contributed by atoms with Gasteiger partial charge in [-0.25, -0.2) is 0 Å². The number of ether oxygens (including phenoxy) is 1. The molecule has 5 heteroatoms. The number of amides is 2. The Bertz CT molecular complexity index is 855. The minimum absolute atomic E-state index is 0.0846. The van der Waals surface area contributed by atoms with E-state index in [0.717, 1.165) is 22.4 Å². The second-order valence-electron chi connectivity index (χ2n) is 8.39. The van der Waals surface area contributed by atoms with Gasteiger partial charge in [0.25, 0.3) is 0 Å². The lowest BCUT2D eigenvalue weighted by atomic mass is 10.0. The van der Waals surface area contributed by atoms with Gasteiger partial charge in [-0.15, -0.1) is 0 Å². The molecule has 0 radical (unpaired) electrons. The molecule has 0 unspecified atom stereocenters. The van der Waals surface area contributed by atoms with Gasteiger partial charge in [-0.2, -0.15) is 0 Å². The monoisotopic (exact) mass is 396 g/mol. The predicted molar refractivity (Wildman–Crippen MR) is 116 cm³/mol. The van der Waals surface area contributed by atoms with Gasteiger partial charge in [0.05, 0.1) is 13.5 Å². The first-order valence-electron chi connectivity index (χ1n) is 9.89. The van der Waals surface area contributed by atoms with E-state index in [9.17, 15) is 9.59 Å². The van der Waals surface area contributed by atoms with Crippen LogP contribution in [-0.4, -0.2) is 35.4 Å². The SMILES string of the molecule is COc1cccc(CN(C(=O)Cc2ccccc2C)[C@H](C)C(=O)NC(C)(C)C)c1. The quantitative estimate of drug-likeness (QED) is 0.773. The standard InChI is InChI=1S/C24H32N2O3/c1-17-10-7-8-12-20(17)15-22(27)26(18(2)23(28)25-24(3,4)5)16-19-11-9-13-21(14-19)29-6/h7-14,18H,15-16H2,1-6H3,(H,25,28)/t18-/m1/s1. The van der Waals surface area contributed by atoms with E-state index in [4.69, 9.17) is 4.74 Å². The minimum atomic E-state index is -0.600. The van der Waals surface area contributed by atoms with Crippen LogP contribution in [0.5, 0.6) is 5.75 Å². The van der Waals surface area contributed by atoms with Crippen LogP contribution in [0.4, 0.5) is 0 Å². The molecule has 2 amide bonds. The van der Waals surface area contributed by atoms with Gasteiger partial charge in [-0.3, -0.25) is 9.59 Å². The van der Waals surface area contributed by atoms with Crippen LogP contribution in [0.25, 0.3) is 0 Å². The third-order valence-electron chi connectivity index (χ3n) is 4.76. The Balaban J connectivity index is 2.29. The highest BCUT2D eigenvalue weighted by Gasteiger charge is 2.28. The lowest BCUT2D eigenvalue weighted by Crippen LogP contribution is -2.52. The van der Waals surface area contributed by atoms with E-state index in [0.29, 0.717) is 6.54 Å². The predicted octanol–water partition coefficient (Wildman–Crippen LogP) is 3.88. The summed E-state index contributed by atoms with van der Waals surface area (Å²) in [5.41, 5.74) is 2.58. The summed E-state index contributed by atoms with van der Waals surface area (Å²) in [5.74, 6) is 0.470. The average Bonchev–Trinajstić information content (AvgIpc) is 2.66. The highest BCUT2D eigenvalue weighted by Crippen LogP contribution is 2.18. The van der Waals surface area contributed by atoms with E-state index in [1.165, 1.54) is 0 Å². The molecule has 1 N–H and O–H groups in total. The van der Waals surface area contributed by atoms with Gasteiger partial charge < -0.3 is 15.0 Å². The van der Waals surface area contributed by atoms with E-state index in [1.54, 1.807) is 18.9 Å².